The number of aliphatic hydroxyl groups excluding tert-OH is 1. The van der Waals surface area contributed by atoms with E-state index in [9.17, 15) is 43.2 Å². The van der Waals surface area contributed by atoms with Crippen LogP contribution in [-0.4, -0.2) is 96.7 Å². The lowest BCUT2D eigenvalue weighted by atomic mass is 10.0. The van der Waals surface area contributed by atoms with E-state index in [-0.39, 0.29) is 25.7 Å². The smallest absolute Gasteiger partial charge is 0.462 e. The lowest BCUT2D eigenvalue weighted by molar-refractivity contribution is -0.161. The lowest BCUT2D eigenvalue weighted by Gasteiger charge is -2.21. The average molecular weight is 1310 g/mol. The molecule has 528 valence electrons. The molecule has 0 saturated heterocycles. The van der Waals surface area contributed by atoms with Crippen molar-refractivity contribution in [2.24, 2.45) is 23.7 Å². The normalized spacial score (nSPS) is 14.3. The fraction of sp³-hybridized carbons (Fsp3) is 0.943. The summed E-state index contributed by atoms with van der Waals surface area (Å²) >= 11 is 0. The second-order valence-electron chi connectivity index (χ2n) is 27.2. The van der Waals surface area contributed by atoms with Crippen LogP contribution in [0.5, 0.6) is 0 Å². The minimum Gasteiger partial charge on any atom is -0.462 e. The number of esters is 4. The molecule has 0 saturated carbocycles. The third-order valence-electron chi connectivity index (χ3n) is 16.1. The molecule has 19 heteroatoms. The third-order valence-corrected chi connectivity index (χ3v) is 18.0. The van der Waals surface area contributed by atoms with Gasteiger partial charge in [0.15, 0.2) is 12.2 Å². The maximum absolute atomic E-state index is 13.0. The predicted octanol–water partition coefficient (Wildman–Crippen LogP) is 19.7. The monoisotopic (exact) mass is 1310 g/mol. The number of carbonyl (C=O) groups excluding carboxylic acids is 4. The Bertz CT molecular complexity index is 1760. The number of hydrogen-bond donors (Lipinski definition) is 3. The zero-order valence-electron chi connectivity index (χ0n) is 58.1. The molecule has 0 aliphatic heterocycles. The molecule has 2 unspecified atom stereocenters. The SMILES string of the molecule is CC(C)CCCCCCCCCCCCCCCCC(=O)O[C@H](COC(=O)CCCCCCCCC(C)C)COP(=O)(O)OC[C@H](O)COP(=O)(O)OC[C@@H](COC(=O)CCCCCCCCCCCCC(C)C)OC(=O)CCCCCCCCCC(C)C. The van der Waals surface area contributed by atoms with Gasteiger partial charge in [0, 0.05) is 25.7 Å². The molecule has 0 aromatic rings. The Morgan fingerprint density at radius 1 is 0.281 bits per heavy atom. The number of hydrogen-bond acceptors (Lipinski definition) is 15. The number of phosphoric ester groups is 2. The van der Waals surface area contributed by atoms with Gasteiger partial charge in [-0.05, 0) is 49.4 Å². The third kappa shape index (κ3) is 64.6. The Hall–Kier alpha value is -1.94. The molecule has 17 nitrogen and oxygen atoms in total. The van der Waals surface area contributed by atoms with Crippen LogP contribution in [0.15, 0.2) is 0 Å². The van der Waals surface area contributed by atoms with Crippen LogP contribution in [0, 0.1) is 23.7 Å². The molecule has 5 atom stereocenters. The number of phosphoric acid groups is 2. The second-order valence-corrected chi connectivity index (χ2v) is 30.1. The van der Waals surface area contributed by atoms with Crippen molar-refractivity contribution in [1.82, 2.24) is 0 Å². The molecular formula is C70H136O17P2. The quantitative estimate of drug-likeness (QED) is 0.0222. The van der Waals surface area contributed by atoms with E-state index in [1.54, 1.807) is 0 Å². The van der Waals surface area contributed by atoms with Crippen molar-refractivity contribution in [3.05, 3.63) is 0 Å². The maximum Gasteiger partial charge on any atom is 0.472 e. The molecule has 3 N–H and O–H groups in total. The molecule has 0 bridgehead atoms. The fourth-order valence-corrected chi connectivity index (χ4v) is 12.1. The van der Waals surface area contributed by atoms with Crippen LogP contribution in [0.3, 0.4) is 0 Å². The van der Waals surface area contributed by atoms with Gasteiger partial charge in [0.05, 0.1) is 26.4 Å². The molecule has 0 aromatic carbocycles. The van der Waals surface area contributed by atoms with Gasteiger partial charge in [-0.1, -0.05) is 293 Å². The Morgan fingerprint density at radius 2 is 0.472 bits per heavy atom. The molecule has 0 aliphatic rings. The van der Waals surface area contributed by atoms with Gasteiger partial charge >= 0.3 is 39.5 Å². The van der Waals surface area contributed by atoms with Crippen LogP contribution in [0.2, 0.25) is 0 Å². The van der Waals surface area contributed by atoms with Gasteiger partial charge in [-0.15, -0.1) is 0 Å². The first-order valence-electron chi connectivity index (χ1n) is 36.2. The largest absolute Gasteiger partial charge is 0.472 e. The van der Waals surface area contributed by atoms with E-state index in [0.29, 0.717) is 37.5 Å². The number of unbranched alkanes of at least 4 members (excludes halogenated alkanes) is 33. The van der Waals surface area contributed by atoms with E-state index in [2.05, 4.69) is 55.4 Å². The summed E-state index contributed by atoms with van der Waals surface area (Å²) in [6.07, 6.45) is 41.9. The molecule has 89 heavy (non-hydrogen) atoms. The van der Waals surface area contributed by atoms with Gasteiger partial charge in [0.1, 0.15) is 19.3 Å². The summed E-state index contributed by atoms with van der Waals surface area (Å²) in [6, 6.07) is 0. The number of aliphatic hydroxyl groups is 1. The van der Waals surface area contributed by atoms with Crippen LogP contribution in [-0.2, 0) is 65.4 Å². The van der Waals surface area contributed by atoms with Gasteiger partial charge in [0.25, 0.3) is 0 Å². The molecule has 0 aromatic heterocycles. The highest BCUT2D eigenvalue weighted by Gasteiger charge is 2.30. The average Bonchev–Trinajstić information content (AvgIpc) is 3.59. The molecule has 0 aliphatic carbocycles. The highest BCUT2D eigenvalue weighted by Crippen LogP contribution is 2.45. The first kappa shape index (κ1) is 87.1. The Morgan fingerprint density at radius 3 is 0.697 bits per heavy atom. The van der Waals surface area contributed by atoms with Gasteiger partial charge in [0.2, 0.25) is 0 Å². The first-order valence-corrected chi connectivity index (χ1v) is 39.2. The van der Waals surface area contributed by atoms with Crippen molar-refractivity contribution in [2.45, 2.75) is 363 Å². The molecular weight excluding hydrogens is 1170 g/mol. The molecule has 0 rings (SSSR count). The Balaban J connectivity index is 5.21. The van der Waals surface area contributed by atoms with E-state index >= 15 is 0 Å². The minimum atomic E-state index is -4.95. The van der Waals surface area contributed by atoms with Crippen molar-refractivity contribution >= 4 is 39.5 Å². The number of ether oxygens (including phenoxy) is 4. The van der Waals surface area contributed by atoms with E-state index in [1.807, 2.05) is 0 Å². The summed E-state index contributed by atoms with van der Waals surface area (Å²) < 4.78 is 68.2. The summed E-state index contributed by atoms with van der Waals surface area (Å²) in [5.74, 6) is 0.796. The summed E-state index contributed by atoms with van der Waals surface area (Å²) in [5.41, 5.74) is 0. The fourth-order valence-electron chi connectivity index (χ4n) is 10.5. The van der Waals surface area contributed by atoms with Gasteiger partial charge in [-0.25, -0.2) is 9.13 Å². The molecule has 0 spiro atoms. The van der Waals surface area contributed by atoms with Crippen molar-refractivity contribution in [3.63, 3.8) is 0 Å². The summed E-state index contributed by atoms with van der Waals surface area (Å²) in [7, 11) is -9.90. The minimum absolute atomic E-state index is 0.103. The van der Waals surface area contributed by atoms with Crippen LogP contribution in [0.1, 0.15) is 344 Å². The Kier molecular flexibility index (Phi) is 58.5. The molecule has 0 amide bonds. The summed E-state index contributed by atoms with van der Waals surface area (Å²) in [5, 5.41) is 10.6. The maximum atomic E-state index is 13.0. The van der Waals surface area contributed by atoms with Crippen molar-refractivity contribution in [1.29, 1.82) is 0 Å². The first-order chi connectivity index (χ1) is 42.6. The number of carbonyl (C=O) groups is 4. The second kappa shape index (κ2) is 59.8. The summed E-state index contributed by atoms with van der Waals surface area (Å²) in [6.45, 7) is 14.0. The molecule has 0 heterocycles. The van der Waals surface area contributed by atoms with E-state index in [1.165, 1.54) is 141 Å². The van der Waals surface area contributed by atoms with Crippen LogP contribution in [0.25, 0.3) is 0 Å². The van der Waals surface area contributed by atoms with Gasteiger partial charge in [-0.2, -0.15) is 0 Å². The molecule has 0 radical (unpaired) electrons. The van der Waals surface area contributed by atoms with E-state index in [0.717, 1.165) is 108 Å². The van der Waals surface area contributed by atoms with Crippen molar-refractivity contribution in [3.8, 4) is 0 Å². The lowest BCUT2D eigenvalue weighted by Crippen LogP contribution is -2.30. The van der Waals surface area contributed by atoms with Gasteiger partial charge < -0.3 is 33.8 Å². The van der Waals surface area contributed by atoms with E-state index in [4.69, 9.17) is 37.0 Å². The van der Waals surface area contributed by atoms with Crippen molar-refractivity contribution < 1.29 is 80.2 Å². The highest BCUT2D eigenvalue weighted by atomic mass is 31.2. The molecule has 0 fully saturated rings. The van der Waals surface area contributed by atoms with Crippen LogP contribution < -0.4 is 0 Å². The summed E-state index contributed by atoms with van der Waals surface area (Å²) in [4.78, 5) is 72.5. The zero-order chi connectivity index (χ0) is 66.1. The van der Waals surface area contributed by atoms with Crippen molar-refractivity contribution in [2.75, 3.05) is 39.6 Å². The van der Waals surface area contributed by atoms with Crippen LogP contribution >= 0.6 is 15.6 Å². The number of rotatable bonds is 67. The standard InChI is InChI=1S/C70H136O17P2/c1-60(2)46-38-30-22-17-13-11-9-10-12-14-20-26-36-44-52-69(74)86-66(57-81-68(73)51-43-35-29-28-33-41-49-63(7)8)59-85-89(78,79)83-55-64(71)54-82-88(76,77)84-58-65(87-70(75)53-45-37-27-21-24-32-40-48-62(5)6)56-80-67(72)50-42-34-25-19-16-15-18-23-31-39-47-61(3)4/h60-66,71H,9-59H2,1-8H3,(H,76,77)(H,78,79)/t64-,65-,66-/m1/s1. The van der Waals surface area contributed by atoms with E-state index < -0.39 is 97.5 Å². The van der Waals surface area contributed by atoms with Gasteiger partial charge in [-0.3, -0.25) is 37.3 Å². The highest BCUT2D eigenvalue weighted by molar-refractivity contribution is 7.47. The predicted molar refractivity (Wildman–Crippen MR) is 358 cm³/mol. The van der Waals surface area contributed by atoms with Crippen LogP contribution in [0.4, 0.5) is 0 Å². The zero-order valence-corrected chi connectivity index (χ0v) is 59.8. The Labute approximate surface area is 543 Å². The topological polar surface area (TPSA) is 237 Å².